The summed E-state index contributed by atoms with van der Waals surface area (Å²) in [7, 11) is 2.10. The second kappa shape index (κ2) is 7.15. The van der Waals surface area contributed by atoms with Crippen LogP contribution >= 0.6 is 11.3 Å². The van der Waals surface area contributed by atoms with Gasteiger partial charge in [-0.25, -0.2) is 4.98 Å². The van der Waals surface area contributed by atoms with Crippen molar-refractivity contribution in [3.8, 4) is 0 Å². The predicted octanol–water partition coefficient (Wildman–Crippen LogP) is 3.49. The molecule has 0 unspecified atom stereocenters. The molecule has 0 fully saturated rings. The van der Waals surface area contributed by atoms with Gasteiger partial charge in [0.15, 0.2) is 0 Å². The van der Waals surface area contributed by atoms with E-state index >= 15 is 0 Å². The maximum Gasteiger partial charge on any atom is 0.123 e. The van der Waals surface area contributed by atoms with E-state index in [1.807, 2.05) is 23.5 Å². The van der Waals surface area contributed by atoms with Crippen molar-refractivity contribution in [2.45, 2.75) is 39.6 Å². The van der Waals surface area contributed by atoms with Crippen LogP contribution in [-0.2, 0) is 32.7 Å². The Morgan fingerprint density at radius 3 is 2.92 bits per heavy atom. The third-order valence-electron chi connectivity index (χ3n) is 4.54. The van der Waals surface area contributed by atoms with Crippen LogP contribution in [0.2, 0.25) is 0 Å². The standard InChI is InChI=1S/C19H24N4OS/c1-15-5-6-18(25-15)13-22-7-8-23-11-16(20-19(23)14-22)10-21(2)12-17-4-3-9-24-17/h3-6,9,11H,7-8,10,12-14H2,1-2H3. The van der Waals surface area contributed by atoms with Crippen molar-refractivity contribution in [3.63, 3.8) is 0 Å². The molecule has 0 radical (unpaired) electrons. The van der Waals surface area contributed by atoms with E-state index in [1.165, 1.54) is 15.6 Å². The molecule has 0 N–H and O–H groups in total. The summed E-state index contributed by atoms with van der Waals surface area (Å²) in [5.74, 6) is 2.17. The Morgan fingerprint density at radius 2 is 2.16 bits per heavy atom. The molecule has 4 heterocycles. The monoisotopic (exact) mass is 356 g/mol. The molecule has 0 spiro atoms. The van der Waals surface area contributed by atoms with E-state index < -0.39 is 0 Å². The van der Waals surface area contributed by atoms with E-state index in [-0.39, 0.29) is 0 Å². The molecule has 0 saturated carbocycles. The van der Waals surface area contributed by atoms with Crippen molar-refractivity contribution < 1.29 is 4.42 Å². The summed E-state index contributed by atoms with van der Waals surface area (Å²) in [5.41, 5.74) is 1.14. The average Bonchev–Trinajstić information content (AvgIpc) is 3.28. The maximum absolute atomic E-state index is 5.42. The van der Waals surface area contributed by atoms with Gasteiger partial charge in [-0.05, 0) is 38.2 Å². The van der Waals surface area contributed by atoms with Gasteiger partial charge >= 0.3 is 0 Å². The van der Waals surface area contributed by atoms with Gasteiger partial charge in [-0.15, -0.1) is 11.3 Å². The van der Waals surface area contributed by atoms with Crippen molar-refractivity contribution in [1.82, 2.24) is 19.4 Å². The van der Waals surface area contributed by atoms with E-state index in [0.29, 0.717) is 0 Å². The molecule has 1 aliphatic rings. The van der Waals surface area contributed by atoms with Crippen LogP contribution in [0.15, 0.2) is 41.1 Å². The second-order valence-corrected chi connectivity index (χ2v) is 8.19. The Hall–Kier alpha value is -1.89. The summed E-state index contributed by atoms with van der Waals surface area (Å²) in [4.78, 5) is 12.4. The number of hydrogen-bond donors (Lipinski definition) is 0. The minimum absolute atomic E-state index is 0.805. The number of nitrogens with zero attached hydrogens (tertiary/aromatic N) is 4. The lowest BCUT2D eigenvalue weighted by atomic mass is 10.3. The number of aromatic nitrogens is 2. The van der Waals surface area contributed by atoms with Crippen LogP contribution in [0.25, 0.3) is 0 Å². The van der Waals surface area contributed by atoms with Crippen LogP contribution in [0.1, 0.15) is 27.0 Å². The third-order valence-corrected chi connectivity index (χ3v) is 5.53. The summed E-state index contributed by atoms with van der Waals surface area (Å²) in [6, 6.07) is 8.40. The first-order chi connectivity index (χ1) is 12.2. The highest BCUT2D eigenvalue weighted by Gasteiger charge is 2.19. The van der Waals surface area contributed by atoms with E-state index in [0.717, 1.165) is 50.7 Å². The molecule has 6 heteroatoms. The van der Waals surface area contributed by atoms with E-state index in [2.05, 4.69) is 46.7 Å². The molecule has 25 heavy (non-hydrogen) atoms. The van der Waals surface area contributed by atoms with Gasteiger partial charge in [-0.3, -0.25) is 9.80 Å². The Labute approximate surface area is 152 Å². The minimum Gasteiger partial charge on any atom is -0.468 e. The first-order valence-corrected chi connectivity index (χ1v) is 9.51. The highest BCUT2D eigenvalue weighted by Crippen LogP contribution is 2.21. The Balaban J connectivity index is 1.36. The molecule has 0 aliphatic carbocycles. The van der Waals surface area contributed by atoms with Crippen LogP contribution in [0.5, 0.6) is 0 Å². The lowest BCUT2D eigenvalue weighted by Crippen LogP contribution is -2.32. The van der Waals surface area contributed by atoms with E-state index in [4.69, 9.17) is 9.40 Å². The van der Waals surface area contributed by atoms with Gasteiger partial charge in [0.1, 0.15) is 11.6 Å². The number of furan rings is 1. The van der Waals surface area contributed by atoms with Crippen LogP contribution in [-0.4, -0.2) is 32.9 Å². The maximum atomic E-state index is 5.42. The summed E-state index contributed by atoms with van der Waals surface area (Å²) >= 11 is 1.89. The number of rotatable bonds is 6. The normalized spacial score (nSPS) is 15.0. The average molecular weight is 356 g/mol. The Kier molecular flexibility index (Phi) is 4.74. The minimum atomic E-state index is 0.805. The molecular formula is C19H24N4OS. The lowest BCUT2D eigenvalue weighted by Gasteiger charge is -2.26. The molecule has 3 aromatic rings. The molecule has 1 aliphatic heterocycles. The molecule has 4 rings (SSSR count). The number of hydrogen-bond acceptors (Lipinski definition) is 5. The van der Waals surface area contributed by atoms with Gasteiger partial charge in [-0.1, -0.05) is 0 Å². The molecule has 0 bridgehead atoms. The Morgan fingerprint density at radius 1 is 1.24 bits per heavy atom. The SMILES string of the molecule is Cc1ccc(CN2CCn3cc(CN(C)Cc4ccco4)nc3C2)s1. The molecule has 0 atom stereocenters. The van der Waals surface area contributed by atoms with Gasteiger partial charge in [0.25, 0.3) is 0 Å². The quantitative estimate of drug-likeness (QED) is 0.677. The highest BCUT2D eigenvalue weighted by atomic mass is 32.1. The fraction of sp³-hybridized carbons (Fsp3) is 0.421. The smallest absolute Gasteiger partial charge is 0.123 e. The Bertz CT molecular complexity index is 820. The molecular weight excluding hydrogens is 332 g/mol. The van der Waals surface area contributed by atoms with Crippen LogP contribution < -0.4 is 0 Å². The number of thiophene rings is 1. The summed E-state index contributed by atoms with van der Waals surface area (Å²) in [5, 5.41) is 0. The third kappa shape index (κ3) is 4.03. The van der Waals surface area contributed by atoms with E-state index in [1.54, 1.807) is 6.26 Å². The van der Waals surface area contributed by atoms with Gasteiger partial charge in [-0.2, -0.15) is 0 Å². The summed E-state index contributed by atoms with van der Waals surface area (Å²) < 4.78 is 7.73. The van der Waals surface area contributed by atoms with Gasteiger partial charge in [0, 0.05) is 42.1 Å². The number of aryl methyl sites for hydroxylation is 1. The van der Waals surface area contributed by atoms with Crippen LogP contribution in [0.3, 0.4) is 0 Å². The first-order valence-electron chi connectivity index (χ1n) is 8.69. The van der Waals surface area contributed by atoms with Crippen molar-refractivity contribution in [3.05, 3.63) is 63.8 Å². The van der Waals surface area contributed by atoms with Gasteiger partial charge in [0.05, 0.1) is 25.0 Å². The van der Waals surface area contributed by atoms with Crippen molar-refractivity contribution in [2.24, 2.45) is 0 Å². The fourth-order valence-corrected chi connectivity index (χ4v) is 4.30. The van der Waals surface area contributed by atoms with Crippen LogP contribution in [0, 0.1) is 6.92 Å². The summed E-state index contributed by atoms with van der Waals surface area (Å²) in [6.07, 6.45) is 3.93. The first kappa shape index (κ1) is 16.6. The fourth-order valence-electron chi connectivity index (χ4n) is 3.36. The van der Waals surface area contributed by atoms with Crippen molar-refractivity contribution in [2.75, 3.05) is 13.6 Å². The number of imidazole rings is 1. The zero-order valence-corrected chi connectivity index (χ0v) is 15.6. The van der Waals surface area contributed by atoms with Gasteiger partial charge in [0.2, 0.25) is 0 Å². The zero-order valence-electron chi connectivity index (χ0n) is 14.8. The second-order valence-electron chi connectivity index (χ2n) is 6.82. The van der Waals surface area contributed by atoms with Crippen molar-refractivity contribution in [1.29, 1.82) is 0 Å². The van der Waals surface area contributed by atoms with Crippen LogP contribution in [0.4, 0.5) is 0 Å². The van der Waals surface area contributed by atoms with Gasteiger partial charge < -0.3 is 8.98 Å². The molecule has 0 aromatic carbocycles. The topological polar surface area (TPSA) is 37.4 Å². The van der Waals surface area contributed by atoms with Crippen molar-refractivity contribution >= 4 is 11.3 Å². The number of fused-ring (bicyclic) bond motifs is 1. The lowest BCUT2D eigenvalue weighted by molar-refractivity contribution is 0.210. The molecule has 0 saturated heterocycles. The largest absolute Gasteiger partial charge is 0.468 e. The van der Waals surface area contributed by atoms with E-state index in [9.17, 15) is 0 Å². The molecule has 5 nitrogen and oxygen atoms in total. The molecule has 132 valence electrons. The highest BCUT2D eigenvalue weighted by molar-refractivity contribution is 7.11. The summed E-state index contributed by atoms with van der Waals surface area (Å²) in [6.45, 7) is 7.88. The zero-order chi connectivity index (χ0) is 17.2. The predicted molar refractivity (Wildman–Crippen MR) is 99.3 cm³/mol. The molecule has 3 aromatic heterocycles. The molecule has 0 amide bonds.